The van der Waals surface area contributed by atoms with Crippen LogP contribution in [-0.4, -0.2) is 4.98 Å². The molecule has 2 aromatic carbocycles. The first-order valence-electron chi connectivity index (χ1n) is 6.26. The van der Waals surface area contributed by atoms with E-state index in [1.54, 1.807) is 12.1 Å². The van der Waals surface area contributed by atoms with Gasteiger partial charge in [-0.05, 0) is 44.9 Å². The van der Waals surface area contributed by atoms with E-state index in [1.807, 2.05) is 30.3 Å². The minimum atomic E-state index is 0.260. The summed E-state index contributed by atoms with van der Waals surface area (Å²) in [5, 5.41) is 3.18. The lowest BCUT2D eigenvalue weighted by atomic mass is 10.1. The molecule has 0 unspecified atom stereocenters. The Morgan fingerprint density at radius 1 is 1.00 bits per heavy atom. The molecule has 0 saturated heterocycles. The van der Waals surface area contributed by atoms with Gasteiger partial charge in [0, 0.05) is 0 Å². The Morgan fingerprint density at radius 3 is 2.67 bits per heavy atom. The molecule has 3 aromatic rings. The number of rotatable bonds is 3. The summed E-state index contributed by atoms with van der Waals surface area (Å²) >= 11 is 15.5. The van der Waals surface area contributed by atoms with Gasteiger partial charge in [-0.1, -0.05) is 53.5 Å². The normalized spacial score (nSPS) is 10.8. The van der Waals surface area contributed by atoms with Gasteiger partial charge < -0.3 is 4.74 Å². The van der Waals surface area contributed by atoms with E-state index < -0.39 is 0 Å². The summed E-state index contributed by atoms with van der Waals surface area (Å²) in [6, 6.07) is 15.4. The van der Waals surface area contributed by atoms with Crippen LogP contribution in [0.4, 0.5) is 0 Å². The van der Waals surface area contributed by atoms with E-state index in [0.29, 0.717) is 15.9 Å². The molecular formula is C16H10BrCl2NO. The second-order valence-electron chi connectivity index (χ2n) is 4.45. The van der Waals surface area contributed by atoms with Crippen LogP contribution in [-0.2, 0) is 6.61 Å². The van der Waals surface area contributed by atoms with Crippen LogP contribution in [0.1, 0.15) is 5.69 Å². The van der Waals surface area contributed by atoms with Gasteiger partial charge in [-0.2, -0.15) is 0 Å². The molecule has 3 rings (SSSR count). The molecule has 0 radical (unpaired) electrons. The zero-order chi connectivity index (χ0) is 14.8. The van der Waals surface area contributed by atoms with E-state index in [0.717, 1.165) is 21.0 Å². The summed E-state index contributed by atoms with van der Waals surface area (Å²) in [6.45, 7) is 0.260. The number of fused-ring (bicyclic) bond motifs is 1. The lowest BCUT2D eigenvalue weighted by Gasteiger charge is -2.11. The molecule has 0 saturated carbocycles. The second-order valence-corrected chi connectivity index (χ2v) is 6.04. The molecule has 0 amide bonds. The third kappa shape index (κ3) is 3.15. The Labute approximate surface area is 140 Å². The number of hydrogen-bond acceptors (Lipinski definition) is 2. The number of benzene rings is 2. The van der Waals surface area contributed by atoms with Crippen LogP contribution in [0.2, 0.25) is 10.2 Å². The molecule has 0 aliphatic heterocycles. The first kappa shape index (κ1) is 14.6. The van der Waals surface area contributed by atoms with Crippen molar-refractivity contribution in [3.8, 4) is 5.75 Å². The van der Waals surface area contributed by atoms with Crippen molar-refractivity contribution in [1.29, 1.82) is 0 Å². The Bertz CT molecular complexity index is 807. The molecule has 2 nitrogen and oxygen atoms in total. The minimum absolute atomic E-state index is 0.260. The number of aromatic nitrogens is 1. The SMILES string of the molecule is Clc1ccc(Cl)c(COc2ccc3ccccc3c2Br)n1. The summed E-state index contributed by atoms with van der Waals surface area (Å²) in [5.74, 6) is 0.742. The molecule has 0 aliphatic carbocycles. The highest BCUT2D eigenvalue weighted by Gasteiger charge is 2.08. The van der Waals surface area contributed by atoms with E-state index in [2.05, 4.69) is 27.0 Å². The Hall–Kier alpha value is -1.29. The van der Waals surface area contributed by atoms with Crippen molar-refractivity contribution in [2.45, 2.75) is 6.61 Å². The fraction of sp³-hybridized carbons (Fsp3) is 0.0625. The highest BCUT2D eigenvalue weighted by molar-refractivity contribution is 9.10. The number of halogens is 3. The van der Waals surface area contributed by atoms with Crippen molar-refractivity contribution in [2.24, 2.45) is 0 Å². The predicted octanol–water partition coefficient (Wildman–Crippen LogP) is 5.88. The summed E-state index contributed by atoms with van der Waals surface area (Å²) in [6.07, 6.45) is 0. The van der Waals surface area contributed by atoms with Crippen LogP contribution in [0, 0.1) is 0 Å². The molecule has 0 N–H and O–H groups in total. The standard InChI is InChI=1S/C16H10BrCl2NO/c17-16-11-4-2-1-3-10(11)5-7-14(16)21-9-13-12(18)6-8-15(19)20-13/h1-8H,9H2. The highest BCUT2D eigenvalue weighted by atomic mass is 79.9. The Balaban J connectivity index is 1.88. The third-order valence-electron chi connectivity index (χ3n) is 3.08. The molecule has 0 aliphatic rings. The first-order chi connectivity index (χ1) is 10.1. The third-order valence-corrected chi connectivity index (χ3v) is 4.45. The molecular weight excluding hydrogens is 373 g/mol. The van der Waals surface area contributed by atoms with Crippen LogP contribution < -0.4 is 4.74 Å². The van der Waals surface area contributed by atoms with Crippen molar-refractivity contribution in [3.05, 3.63) is 68.9 Å². The lowest BCUT2D eigenvalue weighted by Crippen LogP contribution is -2.00. The van der Waals surface area contributed by atoms with E-state index in [-0.39, 0.29) is 6.61 Å². The van der Waals surface area contributed by atoms with Crippen LogP contribution in [0.15, 0.2) is 53.0 Å². The smallest absolute Gasteiger partial charge is 0.134 e. The minimum Gasteiger partial charge on any atom is -0.486 e. The van der Waals surface area contributed by atoms with E-state index in [9.17, 15) is 0 Å². The van der Waals surface area contributed by atoms with E-state index in [4.69, 9.17) is 27.9 Å². The van der Waals surface area contributed by atoms with E-state index >= 15 is 0 Å². The molecule has 0 bridgehead atoms. The van der Waals surface area contributed by atoms with Crippen LogP contribution in [0.3, 0.4) is 0 Å². The molecule has 1 heterocycles. The lowest BCUT2D eigenvalue weighted by molar-refractivity contribution is 0.300. The van der Waals surface area contributed by atoms with Gasteiger partial charge in [0.25, 0.3) is 0 Å². The molecule has 0 fully saturated rings. The van der Waals surface area contributed by atoms with Gasteiger partial charge in [0.05, 0.1) is 15.2 Å². The average molecular weight is 383 g/mol. The van der Waals surface area contributed by atoms with Gasteiger partial charge in [-0.15, -0.1) is 0 Å². The van der Waals surface area contributed by atoms with Gasteiger partial charge in [-0.25, -0.2) is 4.98 Å². The van der Waals surface area contributed by atoms with Crippen molar-refractivity contribution >= 4 is 49.9 Å². The maximum absolute atomic E-state index is 6.08. The second kappa shape index (κ2) is 6.22. The maximum atomic E-state index is 6.08. The predicted molar refractivity (Wildman–Crippen MR) is 90.2 cm³/mol. The van der Waals surface area contributed by atoms with Crippen molar-refractivity contribution in [1.82, 2.24) is 4.98 Å². The highest BCUT2D eigenvalue weighted by Crippen LogP contribution is 2.33. The molecule has 21 heavy (non-hydrogen) atoms. The van der Waals surface area contributed by atoms with Gasteiger partial charge in [0.15, 0.2) is 0 Å². The van der Waals surface area contributed by atoms with Crippen molar-refractivity contribution in [3.63, 3.8) is 0 Å². The van der Waals surface area contributed by atoms with Gasteiger partial charge in [-0.3, -0.25) is 0 Å². The summed E-state index contributed by atoms with van der Waals surface area (Å²) in [7, 11) is 0. The van der Waals surface area contributed by atoms with Crippen molar-refractivity contribution in [2.75, 3.05) is 0 Å². The number of pyridine rings is 1. The van der Waals surface area contributed by atoms with Gasteiger partial charge in [0.2, 0.25) is 0 Å². The largest absolute Gasteiger partial charge is 0.486 e. The molecule has 106 valence electrons. The summed E-state index contributed by atoms with van der Waals surface area (Å²) < 4.78 is 6.73. The fourth-order valence-electron chi connectivity index (χ4n) is 2.03. The molecule has 5 heteroatoms. The monoisotopic (exact) mass is 381 g/mol. The topological polar surface area (TPSA) is 22.1 Å². The zero-order valence-electron chi connectivity index (χ0n) is 10.8. The van der Waals surface area contributed by atoms with Gasteiger partial charge >= 0.3 is 0 Å². The maximum Gasteiger partial charge on any atom is 0.134 e. The molecule has 0 spiro atoms. The summed E-state index contributed by atoms with van der Waals surface area (Å²) in [5.41, 5.74) is 0.615. The number of nitrogens with zero attached hydrogens (tertiary/aromatic N) is 1. The van der Waals surface area contributed by atoms with Gasteiger partial charge in [0.1, 0.15) is 17.5 Å². The zero-order valence-corrected chi connectivity index (χ0v) is 13.9. The quantitative estimate of drug-likeness (QED) is 0.527. The molecule has 0 atom stereocenters. The summed E-state index contributed by atoms with van der Waals surface area (Å²) in [4.78, 5) is 4.17. The number of ether oxygens (including phenoxy) is 1. The molecule has 1 aromatic heterocycles. The number of hydrogen-bond donors (Lipinski definition) is 0. The van der Waals surface area contributed by atoms with E-state index in [1.165, 1.54) is 0 Å². The fourth-order valence-corrected chi connectivity index (χ4v) is 2.96. The average Bonchev–Trinajstić information content (AvgIpc) is 2.50. The van der Waals surface area contributed by atoms with Crippen molar-refractivity contribution < 1.29 is 4.74 Å². The van der Waals surface area contributed by atoms with Crippen LogP contribution in [0.25, 0.3) is 10.8 Å². The first-order valence-corrected chi connectivity index (χ1v) is 7.81. The Kier molecular flexibility index (Phi) is 4.34. The van der Waals surface area contributed by atoms with Crippen LogP contribution in [0.5, 0.6) is 5.75 Å². The van der Waals surface area contributed by atoms with Crippen LogP contribution >= 0.6 is 39.1 Å². The Morgan fingerprint density at radius 2 is 1.81 bits per heavy atom.